The molecule has 5 nitrogen and oxygen atoms in total. The van der Waals surface area contributed by atoms with Gasteiger partial charge in [0, 0.05) is 4.92 Å². The summed E-state index contributed by atoms with van der Waals surface area (Å²) in [5, 5.41) is 28.3. The number of nitrogens with zero attached hydrogens (tertiary/aromatic N) is 3. The lowest BCUT2D eigenvalue weighted by Gasteiger charge is -2.28. The molecule has 86 valence electrons. The first-order valence-corrected chi connectivity index (χ1v) is 5.60. The van der Waals surface area contributed by atoms with Gasteiger partial charge in [-0.05, 0) is 18.8 Å². The monoisotopic (exact) mass is 221 g/mol. The summed E-state index contributed by atoms with van der Waals surface area (Å²) < 4.78 is 0. The molecule has 1 aliphatic carbocycles. The highest BCUT2D eigenvalue weighted by Gasteiger charge is 2.34. The van der Waals surface area contributed by atoms with Crippen LogP contribution in [-0.4, -0.2) is 11.5 Å². The molecule has 0 spiro atoms. The van der Waals surface area contributed by atoms with Crippen LogP contribution in [0.3, 0.4) is 0 Å². The zero-order chi connectivity index (χ0) is 12.0. The average molecular weight is 221 g/mol. The van der Waals surface area contributed by atoms with Crippen molar-refractivity contribution in [3.63, 3.8) is 0 Å². The van der Waals surface area contributed by atoms with Gasteiger partial charge in [-0.25, -0.2) is 0 Å². The second-order valence-electron chi connectivity index (χ2n) is 4.31. The molecule has 1 saturated carbocycles. The number of hydrogen-bond donors (Lipinski definition) is 0. The van der Waals surface area contributed by atoms with Crippen molar-refractivity contribution in [1.82, 2.24) is 0 Å². The summed E-state index contributed by atoms with van der Waals surface area (Å²) in [5.74, 6) is -1.07. The molecule has 0 aromatic carbocycles. The van der Waals surface area contributed by atoms with E-state index in [1.165, 1.54) is 0 Å². The summed E-state index contributed by atoms with van der Waals surface area (Å²) in [6.07, 6.45) is 5.10. The van der Waals surface area contributed by atoms with Crippen molar-refractivity contribution in [2.45, 2.75) is 32.1 Å². The first-order chi connectivity index (χ1) is 7.69. The molecular formula is C11H15N3O2. The molecule has 0 N–H and O–H groups in total. The van der Waals surface area contributed by atoms with Crippen LogP contribution in [0.2, 0.25) is 0 Å². The van der Waals surface area contributed by atoms with Gasteiger partial charge in [0.15, 0.2) is 0 Å². The summed E-state index contributed by atoms with van der Waals surface area (Å²) >= 11 is 0. The summed E-state index contributed by atoms with van der Waals surface area (Å²) in [6.45, 7) is -0.254. The molecule has 0 bridgehead atoms. The Bertz CT molecular complexity index is 309. The molecule has 16 heavy (non-hydrogen) atoms. The molecule has 1 aliphatic rings. The SMILES string of the molecule is N#CC(C#N)C(C[N+](=O)[O-])C1CCCCC1. The van der Waals surface area contributed by atoms with Gasteiger partial charge in [0.2, 0.25) is 6.54 Å². The van der Waals surface area contributed by atoms with Crippen LogP contribution in [0.5, 0.6) is 0 Å². The van der Waals surface area contributed by atoms with E-state index in [-0.39, 0.29) is 12.5 Å². The van der Waals surface area contributed by atoms with Crippen LogP contribution in [0.25, 0.3) is 0 Å². The van der Waals surface area contributed by atoms with Gasteiger partial charge in [0.05, 0.1) is 18.1 Å². The lowest BCUT2D eigenvalue weighted by atomic mass is 9.75. The third kappa shape index (κ3) is 3.20. The predicted molar refractivity (Wildman–Crippen MR) is 56.6 cm³/mol. The molecule has 0 heterocycles. The quantitative estimate of drug-likeness (QED) is 0.537. The van der Waals surface area contributed by atoms with Crippen LogP contribution in [0.4, 0.5) is 0 Å². The van der Waals surface area contributed by atoms with Crippen molar-refractivity contribution >= 4 is 0 Å². The molecule has 0 radical (unpaired) electrons. The third-order valence-corrected chi connectivity index (χ3v) is 3.32. The normalized spacial score (nSPS) is 18.7. The van der Waals surface area contributed by atoms with Gasteiger partial charge >= 0.3 is 0 Å². The molecule has 1 unspecified atom stereocenters. The van der Waals surface area contributed by atoms with Crippen molar-refractivity contribution in [1.29, 1.82) is 10.5 Å². The van der Waals surface area contributed by atoms with E-state index >= 15 is 0 Å². The highest BCUT2D eigenvalue weighted by atomic mass is 16.6. The fraction of sp³-hybridized carbons (Fsp3) is 0.818. The van der Waals surface area contributed by atoms with Crippen LogP contribution in [0.15, 0.2) is 0 Å². The first kappa shape index (κ1) is 12.4. The minimum Gasteiger partial charge on any atom is -0.265 e. The fourth-order valence-electron chi connectivity index (χ4n) is 2.48. The average Bonchev–Trinajstić information content (AvgIpc) is 2.30. The molecule has 0 aliphatic heterocycles. The Hall–Kier alpha value is -1.62. The second-order valence-corrected chi connectivity index (χ2v) is 4.31. The van der Waals surface area contributed by atoms with E-state index in [4.69, 9.17) is 10.5 Å². The van der Waals surface area contributed by atoms with Gasteiger partial charge < -0.3 is 0 Å². The molecule has 0 amide bonds. The Balaban J connectivity index is 2.73. The van der Waals surface area contributed by atoms with Crippen LogP contribution in [0, 0.1) is 50.5 Å². The Labute approximate surface area is 94.8 Å². The lowest BCUT2D eigenvalue weighted by Crippen LogP contribution is -2.30. The van der Waals surface area contributed by atoms with Gasteiger partial charge in [0.25, 0.3) is 0 Å². The molecule has 0 aromatic heterocycles. The van der Waals surface area contributed by atoms with Gasteiger partial charge in [-0.15, -0.1) is 0 Å². The van der Waals surface area contributed by atoms with Gasteiger partial charge in [0.1, 0.15) is 5.92 Å². The van der Waals surface area contributed by atoms with Gasteiger partial charge in [-0.3, -0.25) is 10.1 Å². The zero-order valence-corrected chi connectivity index (χ0v) is 9.13. The number of nitriles is 2. The van der Waals surface area contributed by atoms with E-state index in [2.05, 4.69) is 0 Å². The minimum atomic E-state index is -0.839. The summed E-state index contributed by atoms with van der Waals surface area (Å²) in [4.78, 5) is 10.2. The van der Waals surface area contributed by atoms with Gasteiger partial charge in [-0.2, -0.15) is 10.5 Å². The second kappa shape index (κ2) is 6.07. The maximum Gasteiger partial charge on any atom is 0.209 e. The van der Waals surface area contributed by atoms with Crippen molar-refractivity contribution in [2.75, 3.05) is 6.54 Å². The largest absolute Gasteiger partial charge is 0.265 e. The van der Waals surface area contributed by atoms with E-state index in [9.17, 15) is 10.1 Å². The van der Waals surface area contributed by atoms with Crippen molar-refractivity contribution in [3.8, 4) is 12.1 Å². The molecule has 0 saturated heterocycles. The Kier molecular flexibility index (Phi) is 4.72. The van der Waals surface area contributed by atoms with Crippen LogP contribution in [0.1, 0.15) is 32.1 Å². The number of hydrogen-bond acceptors (Lipinski definition) is 4. The van der Waals surface area contributed by atoms with Crippen LogP contribution < -0.4 is 0 Å². The molecule has 1 fully saturated rings. The molecule has 1 atom stereocenters. The number of rotatable bonds is 4. The Morgan fingerprint density at radius 2 is 1.81 bits per heavy atom. The molecule has 0 aromatic rings. The lowest BCUT2D eigenvalue weighted by molar-refractivity contribution is -0.491. The zero-order valence-electron chi connectivity index (χ0n) is 9.13. The van der Waals surface area contributed by atoms with Crippen molar-refractivity contribution < 1.29 is 4.92 Å². The van der Waals surface area contributed by atoms with E-state index in [0.717, 1.165) is 32.1 Å². The molecule has 1 rings (SSSR count). The fourth-order valence-corrected chi connectivity index (χ4v) is 2.48. The summed E-state index contributed by atoms with van der Waals surface area (Å²) in [6, 6.07) is 3.78. The molecular weight excluding hydrogens is 206 g/mol. The van der Waals surface area contributed by atoms with E-state index in [1.54, 1.807) is 0 Å². The third-order valence-electron chi connectivity index (χ3n) is 3.32. The predicted octanol–water partition coefficient (Wildman–Crippen LogP) is 2.12. The van der Waals surface area contributed by atoms with E-state index in [1.807, 2.05) is 12.1 Å². The maximum absolute atomic E-state index is 10.6. The van der Waals surface area contributed by atoms with Crippen LogP contribution in [-0.2, 0) is 0 Å². The van der Waals surface area contributed by atoms with Crippen molar-refractivity contribution in [2.24, 2.45) is 17.8 Å². The highest BCUT2D eigenvalue weighted by molar-refractivity contribution is 5.04. The van der Waals surface area contributed by atoms with E-state index in [0.29, 0.717) is 0 Å². The summed E-state index contributed by atoms with van der Waals surface area (Å²) in [5.41, 5.74) is 0. The Morgan fingerprint density at radius 3 is 2.25 bits per heavy atom. The highest BCUT2D eigenvalue weighted by Crippen LogP contribution is 2.33. The molecule has 5 heteroatoms. The summed E-state index contributed by atoms with van der Waals surface area (Å²) in [7, 11) is 0. The van der Waals surface area contributed by atoms with Crippen LogP contribution >= 0.6 is 0 Å². The van der Waals surface area contributed by atoms with E-state index < -0.39 is 16.8 Å². The first-order valence-electron chi connectivity index (χ1n) is 5.60. The van der Waals surface area contributed by atoms with Crippen molar-refractivity contribution in [3.05, 3.63) is 10.1 Å². The number of nitro groups is 1. The smallest absolute Gasteiger partial charge is 0.209 e. The Morgan fingerprint density at radius 1 is 1.25 bits per heavy atom. The topological polar surface area (TPSA) is 90.7 Å². The maximum atomic E-state index is 10.6. The minimum absolute atomic E-state index is 0.170. The standard InChI is InChI=1S/C11H15N3O2/c12-6-10(7-13)11(8-14(15)16)9-4-2-1-3-5-9/h9-11H,1-5,8H2. The van der Waals surface area contributed by atoms with Gasteiger partial charge in [-0.1, -0.05) is 19.3 Å².